The molecule has 0 amide bonds. The van der Waals surface area contributed by atoms with Crippen molar-refractivity contribution in [3.63, 3.8) is 0 Å². The molecule has 178 valence electrons. The summed E-state index contributed by atoms with van der Waals surface area (Å²) in [6, 6.07) is 5.11. The summed E-state index contributed by atoms with van der Waals surface area (Å²) in [4.78, 5) is 11.5. The molecule has 0 bridgehead atoms. The first kappa shape index (κ1) is 23.9. The number of aryl methyl sites for hydroxylation is 2. The number of morpholine rings is 1. The lowest BCUT2D eigenvalue weighted by Crippen LogP contribution is -2.38. The Morgan fingerprint density at radius 2 is 2.12 bits per heavy atom. The Kier molecular flexibility index (Phi) is 7.83. The van der Waals surface area contributed by atoms with Crippen molar-refractivity contribution >= 4 is 28.9 Å². The number of rotatable bonds is 8. The molecule has 0 radical (unpaired) electrons. The van der Waals surface area contributed by atoms with Gasteiger partial charge in [-0.2, -0.15) is 0 Å². The van der Waals surface area contributed by atoms with Crippen LogP contribution in [0.1, 0.15) is 49.4 Å². The molecule has 1 aromatic heterocycles. The van der Waals surface area contributed by atoms with Gasteiger partial charge in [-0.3, -0.25) is 4.90 Å². The van der Waals surface area contributed by atoms with Crippen molar-refractivity contribution in [3.05, 3.63) is 45.7 Å². The number of halogens is 2. The molecule has 0 spiro atoms. The Labute approximate surface area is 200 Å². The summed E-state index contributed by atoms with van der Waals surface area (Å²) in [5.41, 5.74) is 3.55. The Hall–Kier alpha value is -2.22. The normalized spacial score (nSPS) is 18.9. The highest BCUT2D eigenvalue weighted by atomic mass is 35.5. The lowest BCUT2D eigenvalue weighted by Gasteiger charge is -2.26. The van der Waals surface area contributed by atoms with Crippen LogP contribution in [0, 0.1) is 12.7 Å². The molecule has 1 saturated heterocycles. The highest BCUT2D eigenvalue weighted by Crippen LogP contribution is 2.39. The van der Waals surface area contributed by atoms with Gasteiger partial charge in [0.1, 0.15) is 24.0 Å². The van der Waals surface area contributed by atoms with E-state index in [1.54, 1.807) is 0 Å². The highest BCUT2D eigenvalue weighted by Gasteiger charge is 2.28. The van der Waals surface area contributed by atoms with Crippen molar-refractivity contribution in [3.8, 4) is 5.75 Å². The summed E-state index contributed by atoms with van der Waals surface area (Å²) in [5, 5.41) is 3.87. The van der Waals surface area contributed by atoms with E-state index in [9.17, 15) is 0 Å². The number of benzene rings is 1. The molecule has 1 atom stereocenters. The fourth-order valence-corrected chi connectivity index (χ4v) is 4.50. The van der Waals surface area contributed by atoms with E-state index in [4.69, 9.17) is 21.1 Å². The average Bonchev–Trinajstić information content (AvgIpc) is 3.20. The maximum atomic E-state index is 15.1. The van der Waals surface area contributed by atoms with E-state index in [-0.39, 0.29) is 11.9 Å². The van der Waals surface area contributed by atoms with E-state index >= 15 is 4.39 Å². The van der Waals surface area contributed by atoms with Gasteiger partial charge < -0.3 is 14.8 Å². The topological polar surface area (TPSA) is 59.0 Å². The maximum Gasteiger partial charge on any atom is 0.157 e. The van der Waals surface area contributed by atoms with Gasteiger partial charge in [-0.25, -0.2) is 14.4 Å². The van der Waals surface area contributed by atoms with Crippen molar-refractivity contribution in [2.75, 3.05) is 44.8 Å². The minimum atomic E-state index is -0.257. The minimum absolute atomic E-state index is 0.195. The number of aliphatic imine (C=N–C) groups is 1. The predicted octanol–water partition coefficient (Wildman–Crippen LogP) is 5.50. The number of hydrogen-bond acceptors (Lipinski definition) is 6. The van der Waals surface area contributed by atoms with Crippen molar-refractivity contribution < 1.29 is 13.9 Å². The molecule has 8 heteroatoms. The Balaban J connectivity index is 1.46. The summed E-state index contributed by atoms with van der Waals surface area (Å²) in [5.74, 6) is 1.50. The third-order valence-electron chi connectivity index (χ3n) is 6.28. The van der Waals surface area contributed by atoms with E-state index < -0.39 is 0 Å². The van der Waals surface area contributed by atoms with E-state index in [0.29, 0.717) is 34.6 Å². The Morgan fingerprint density at radius 1 is 1.33 bits per heavy atom. The molecule has 4 rings (SSSR count). The molecular weight excluding hydrogens is 443 g/mol. The van der Waals surface area contributed by atoms with Crippen LogP contribution in [0.5, 0.6) is 5.75 Å². The number of ether oxygens (including phenoxy) is 2. The van der Waals surface area contributed by atoms with Crippen LogP contribution in [-0.2, 0) is 11.2 Å². The largest absolute Gasteiger partial charge is 0.492 e. The third kappa shape index (κ3) is 5.83. The van der Waals surface area contributed by atoms with Gasteiger partial charge in [0.25, 0.3) is 0 Å². The van der Waals surface area contributed by atoms with Crippen LogP contribution in [0.25, 0.3) is 0 Å². The van der Waals surface area contributed by atoms with E-state index in [2.05, 4.69) is 27.1 Å². The number of anilines is 1. The first-order chi connectivity index (χ1) is 15.9. The second kappa shape index (κ2) is 10.8. The van der Waals surface area contributed by atoms with Gasteiger partial charge in [0.15, 0.2) is 5.82 Å². The lowest BCUT2D eigenvalue weighted by molar-refractivity contribution is 0.0322. The third-order valence-corrected chi connectivity index (χ3v) is 6.57. The molecule has 1 aliphatic carbocycles. The molecule has 1 aromatic carbocycles. The SMILES string of the molecule is CCC(C)=Nc1nc(NC2CCc3cc(OCCN4CCOCC4)cc(F)c32)c(Cl)cc1C. The fourth-order valence-electron chi connectivity index (χ4n) is 4.24. The van der Waals surface area contributed by atoms with E-state index in [1.165, 1.54) is 6.07 Å². The summed E-state index contributed by atoms with van der Waals surface area (Å²) in [7, 11) is 0. The smallest absolute Gasteiger partial charge is 0.157 e. The molecule has 1 unspecified atom stereocenters. The quantitative estimate of drug-likeness (QED) is 0.512. The monoisotopic (exact) mass is 474 g/mol. The Bertz CT molecular complexity index is 1020. The molecule has 1 aliphatic heterocycles. The molecular formula is C25H32ClFN4O2. The van der Waals surface area contributed by atoms with Gasteiger partial charge in [0, 0.05) is 37.0 Å². The van der Waals surface area contributed by atoms with Crippen LogP contribution in [0.4, 0.5) is 16.0 Å². The number of nitrogens with one attached hydrogen (secondary N) is 1. The second-order valence-electron chi connectivity index (χ2n) is 8.68. The fraction of sp³-hybridized carbons (Fsp3) is 0.520. The zero-order chi connectivity index (χ0) is 23.4. The standard InChI is InChI=1S/C25H32ClFN4O2/c1-4-17(3)28-24-16(2)13-20(26)25(30-24)29-22-6-5-18-14-19(15-21(27)23(18)22)33-12-9-31-7-10-32-11-8-31/h13-15,22H,4-12H2,1-3H3,(H,29,30). The van der Waals surface area contributed by atoms with E-state index in [1.807, 2.05) is 26.0 Å². The molecule has 0 saturated carbocycles. The number of fused-ring (bicyclic) bond motifs is 1. The molecule has 2 aromatic rings. The average molecular weight is 475 g/mol. The molecule has 6 nitrogen and oxygen atoms in total. The first-order valence-corrected chi connectivity index (χ1v) is 12.1. The van der Waals surface area contributed by atoms with Crippen LogP contribution in [0.2, 0.25) is 5.02 Å². The summed E-state index contributed by atoms with van der Waals surface area (Å²) in [6.45, 7) is 10.7. The van der Waals surface area contributed by atoms with Crippen molar-refractivity contribution in [2.24, 2.45) is 4.99 Å². The number of aromatic nitrogens is 1. The van der Waals surface area contributed by atoms with Crippen molar-refractivity contribution in [1.29, 1.82) is 0 Å². The van der Waals surface area contributed by atoms with Gasteiger partial charge in [0.05, 0.1) is 24.3 Å². The van der Waals surface area contributed by atoms with Crippen LogP contribution >= 0.6 is 11.6 Å². The van der Waals surface area contributed by atoms with Gasteiger partial charge in [-0.1, -0.05) is 18.5 Å². The van der Waals surface area contributed by atoms with Crippen LogP contribution in [-0.4, -0.2) is 55.1 Å². The van der Waals surface area contributed by atoms with Crippen LogP contribution < -0.4 is 10.1 Å². The number of pyridine rings is 1. The second-order valence-corrected chi connectivity index (χ2v) is 9.08. The zero-order valence-corrected chi connectivity index (χ0v) is 20.3. The highest BCUT2D eigenvalue weighted by molar-refractivity contribution is 6.33. The predicted molar refractivity (Wildman–Crippen MR) is 131 cm³/mol. The summed E-state index contributed by atoms with van der Waals surface area (Å²) >= 11 is 6.46. The Morgan fingerprint density at radius 3 is 2.88 bits per heavy atom. The first-order valence-electron chi connectivity index (χ1n) is 11.7. The molecule has 2 aliphatic rings. The molecule has 1 N–H and O–H groups in total. The minimum Gasteiger partial charge on any atom is -0.492 e. The number of hydrogen-bond donors (Lipinski definition) is 1. The number of nitrogens with zero attached hydrogens (tertiary/aromatic N) is 3. The molecule has 1 fully saturated rings. The van der Waals surface area contributed by atoms with E-state index in [0.717, 1.165) is 68.9 Å². The van der Waals surface area contributed by atoms with Crippen molar-refractivity contribution in [2.45, 2.75) is 46.1 Å². The van der Waals surface area contributed by atoms with Gasteiger partial charge >= 0.3 is 0 Å². The van der Waals surface area contributed by atoms with Crippen molar-refractivity contribution in [1.82, 2.24) is 9.88 Å². The maximum absolute atomic E-state index is 15.1. The van der Waals surface area contributed by atoms with Crippen LogP contribution in [0.15, 0.2) is 23.2 Å². The zero-order valence-electron chi connectivity index (χ0n) is 19.6. The molecule has 33 heavy (non-hydrogen) atoms. The lowest BCUT2D eigenvalue weighted by atomic mass is 10.1. The summed E-state index contributed by atoms with van der Waals surface area (Å²) < 4.78 is 26.4. The van der Waals surface area contributed by atoms with Crippen LogP contribution in [0.3, 0.4) is 0 Å². The van der Waals surface area contributed by atoms with Gasteiger partial charge in [-0.15, -0.1) is 0 Å². The molecule has 2 heterocycles. The summed E-state index contributed by atoms with van der Waals surface area (Å²) in [6.07, 6.45) is 2.39. The van der Waals surface area contributed by atoms with Gasteiger partial charge in [-0.05, 0) is 56.4 Å². The van der Waals surface area contributed by atoms with Gasteiger partial charge in [0.2, 0.25) is 0 Å².